The second kappa shape index (κ2) is 7.64. The van der Waals surface area contributed by atoms with Crippen molar-refractivity contribution in [2.45, 2.75) is 52.1 Å². The van der Waals surface area contributed by atoms with Gasteiger partial charge in [0.25, 0.3) is 0 Å². The van der Waals surface area contributed by atoms with Crippen molar-refractivity contribution in [3.05, 3.63) is 47.3 Å². The molecule has 0 amide bonds. The topological polar surface area (TPSA) is 47.3 Å². The van der Waals surface area contributed by atoms with Crippen molar-refractivity contribution in [3.63, 3.8) is 0 Å². The van der Waals surface area contributed by atoms with Crippen molar-refractivity contribution in [1.29, 1.82) is 0 Å². The molecule has 23 heavy (non-hydrogen) atoms. The minimum atomic E-state index is 0.537. The minimum Gasteiger partial charge on any atom is -0.494 e. The van der Waals surface area contributed by atoms with Gasteiger partial charge in [0.2, 0.25) is 0 Å². The molecule has 1 heterocycles. The van der Waals surface area contributed by atoms with E-state index in [1.54, 1.807) is 0 Å². The van der Waals surface area contributed by atoms with Crippen LogP contribution in [0.5, 0.6) is 5.75 Å². The summed E-state index contributed by atoms with van der Waals surface area (Å²) in [5, 5.41) is 7.73. The number of aryl methyl sites for hydroxylation is 1. The highest BCUT2D eigenvalue weighted by Crippen LogP contribution is 2.30. The molecule has 1 aromatic heterocycles. The Morgan fingerprint density at radius 1 is 1.30 bits per heavy atom. The lowest BCUT2D eigenvalue weighted by Gasteiger charge is -2.21. The van der Waals surface area contributed by atoms with Gasteiger partial charge in [-0.1, -0.05) is 29.8 Å². The van der Waals surface area contributed by atoms with Crippen molar-refractivity contribution < 1.29 is 9.26 Å². The maximum absolute atomic E-state index is 5.71. The second-order valence-electron chi connectivity index (χ2n) is 6.36. The van der Waals surface area contributed by atoms with E-state index in [1.165, 1.54) is 24.8 Å². The molecule has 0 unspecified atom stereocenters. The molecule has 0 bridgehead atoms. The molecule has 3 rings (SSSR count). The molecule has 1 fully saturated rings. The summed E-state index contributed by atoms with van der Waals surface area (Å²) >= 11 is 0. The zero-order chi connectivity index (χ0) is 16.1. The Morgan fingerprint density at radius 2 is 2.17 bits per heavy atom. The van der Waals surface area contributed by atoms with Crippen LogP contribution < -0.4 is 10.1 Å². The lowest BCUT2D eigenvalue weighted by molar-refractivity contribution is 0.321. The third-order valence-electron chi connectivity index (χ3n) is 4.63. The quantitative estimate of drug-likeness (QED) is 0.842. The van der Waals surface area contributed by atoms with Gasteiger partial charge in [0, 0.05) is 30.6 Å². The average molecular weight is 314 g/mol. The van der Waals surface area contributed by atoms with Gasteiger partial charge in [-0.25, -0.2) is 0 Å². The molecule has 2 aromatic rings. The van der Waals surface area contributed by atoms with Crippen LogP contribution in [0.2, 0.25) is 0 Å². The van der Waals surface area contributed by atoms with Gasteiger partial charge in [0.05, 0.1) is 12.3 Å². The van der Waals surface area contributed by atoms with Crippen LogP contribution >= 0.6 is 0 Å². The fourth-order valence-electron chi connectivity index (χ4n) is 3.51. The first-order chi connectivity index (χ1) is 11.3. The number of nitrogens with zero attached hydrogens (tertiary/aromatic N) is 1. The zero-order valence-electron chi connectivity index (χ0n) is 14.0. The summed E-state index contributed by atoms with van der Waals surface area (Å²) in [5.41, 5.74) is 2.20. The molecule has 0 aliphatic heterocycles. The molecule has 2 atom stereocenters. The lowest BCUT2D eigenvalue weighted by atomic mass is 9.97. The van der Waals surface area contributed by atoms with Crippen LogP contribution in [0, 0.1) is 12.8 Å². The van der Waals surface area contributed by atoms with E-state index >= 15 is 0 Å². The molecule has 1 aliphatic carbocycles. The van der Waals surface area contributed by atoms with E-state index in [0.717, 1.165) is 30.2 Å². The van der Waals surface area contributed by atoms with Gasteiger partial charge in [-0.2, -0.15) is 0 Å². The molecular weight excluding hydrogens is 288 g/mol. The second-order valence-corrected chi connectivity index (χ2v) is 6.36. The van der Waals surface area contributed by atoms with Crippen LogP contribution in [0.3, 0.4) is 0 Å². The third-order valence-corrected chi connectivity index (χ3v) is 4.63. The summed E-state index contributed by atoms with van der Waals surface area (Å²) in [5.74, 6) is 2.63. The first-order valence-electron chi connectivity index (χ1n) is 8.62. The average Bonchev–Trinajstić information content (AvgIpc) is 3.16. The van der Waals surface area contributed by atoms with Crippen LogP contribution in [-0.2, 0) is 13.0 Å². The Hall–Kier alpha value is -1.81. The Labute approximate surface area is 138 Å². The van der Waals surface area contributed by atoms with Crippen molar-refractivity contribution >= 4 is 0 Å². The van der Waals surface area contributed by atoms with Gasteiger partial charge in [-0.05, 0) is 38.7 Å². The Morgan fingerprint density at radius 3 is 2.96 bits per heavy atom. The number of hydrogen-bond donors (Lipinski definition) is 1. The maximum atomic E-state index is 5.71. The highest BCUT2D eigenvalue weighted by molar-refractivity contribution is 5.33. The van der Waals surface area contributed by atoms with Crippen molar-refractivity contribution in [3.8, 4) is 5.75 Å². The standard InChI is InChI=1S/C19H26N2O2/c1-3-22-19-10-5-4-7-16(19)13-20-18-9-6-8-15(18)12-17-11-14(2)21-23-17/h4-5,7,10-11,15,18,20H,3,6,8-9,12-13H2,1-2H3/t15-,18+/m0/s1. The van der Waals surface area contributed by atoms with E-state index in [-0.39, 0.29) is 0 Å². The predicted octanol–water partition coefficient (Wildman–Crippen LogP) is 3.88. The molecule has 124 valence electrons. The number of aromatic nitrogens is 1. The van der Waals surface area contributed by atoms with E-state index < -0.39 is 0 Å². The zero-order valence-corrected chi connectivity index (χ0v) is 14.0. The number of para-hydroxylation sites is 1. The van der Waals surface area contributed by atoms with Gasteiger partial charge < -0.3 is 14.6 Å². The fraction of sp³-hybridized carbons (Fsp3) is 0.526. The number of ether oxygens (including phenoxy) is 1. The van der Waals surface area contributed by atoms with Crippen LogP contribution in [0.1, 0.15) is 43.2 Å². The van der Waals surface area contributed by atoms with Gasteiger partial charge in [-0.3, -0.25) is 0 Å². The normalized spacial score (nSPS) is 20.8. The lowest BCUT2D eigenvalue weighted by Crippen LogP contribution is -2.33. The Bertz CT molecular complexity index is 623. The minimum absolute atomic E-state index is 0.537. The van der Waals surface area contributed by atoms with E-state index in [4.69, 9.17) is 9.26 Å². The van der Waals surface area contributed by atoms with Crippen LogP contribution in [0.25, 0.3) is 0 Å². The molecule has 1 aromatic carbocycles. The highest BCUT2D eigenvalue weighted by atomic mass is 16.5. The molecule has 1 aliphatic rings. The number of hydrogen-bond acceptors (Lipinski definition) is 4. The number of nitrogens with one attached hydrogen (secondary N) is 1. The summed E-state index contributed by atoms with van der Waals surface area (Å²) in [6, 6.07) is 10.9. The summed E-state index contributed by atoms with van der Waals surface area (Å²) < 4.78 is 11.1. The number of rotatable bonds is 7. The SMILES string of the molecule is CCOc1ccccc1CN[C@@H]1CCC[C@H]1Cc1cc(C)no1. The van der Waals surface area contributed by atoms with Gasteiger partial charge in [0.15, 0.2) is 0 Å². The monoisotopic (exact) mass is 314 g/mol. The summed E-state index contributed by atoms with van der Waals surface area (Å²) in [7, 11) is 0. The largest absolute Gasteiger partial charge is 0.494 e. The van der Waals surface area contributed by atoms with Crippen molar-refractivity contribution in [1.82, 2.24) is 10.5 Å². The van der Waals surface area contributed by atoms with Gasteiger partial charge in [0.1, 0.15) is 11.5 Å². The Balaban J connectivity index is 1.58. The van der Waals surface area contributed by atoms with Gasteiger partial charge >= 0.3 is 0 Å². The number of benzene rings is 1. The summed E-state index contributed by atoms with van der Waals surface area (Å²) in [6.45, 7) is 5.55. The molecule has 0 radical (unpaired) electrons. The molecule has 4 heteroatoms. The van der Waals surface area contributed by atoms with Crippen LogP contribution in [-0.4, -0.2) is 17.8 Å². The first kappa shape index (κ1) is 16.1. The summed E-state index contributed by atoms with van der Waals surface area (Å²) in [4.78, 5) is 0. The van der Waals surface area contributed by atoms with Crippen LogP contribution in [0.15, 0.2) is 34.9 Å². The first-order valence-corrected chi connectivity index (χ1v) is 8.62. The third kappa shape index (κ3) is 4.14. The fourth-order valence-corrected chi connectivity index (χ4v) is 3.51. The van der Waals surface area contributed by atoms with Crippen molar-refractivity contribution in [2.75, 3.05) is 6.61 Å². The maximum Gasteiger partial charge on any atom is 0.137 e. The molecule has 4 nitrogen and oxygen atoms in total. The highest BCUT2D eigenvalue weighted by Gasteiger charge is 2.28. The van der Waals surface area contributed by atoms with Gasteiger partial charge in [-0.15, -0.1) is 0 Å². The summed E-state index contributed by atoms with van der Waals surface area (Å²) in [6.07, 6.45) is 4.74. The molecule has 1 N–H and O–H groups in total. The molecule has 0 spiro atoms. The van der Waals surface area contributed by atoms with E-state index in [2.05, 4.69) is 28.7 Å². The molecular formula is C19H26N2O2. The smallest absolute Gasteiger partial charge is 0.137 e. The van der Waals surface area contributed by atoms with E-state index in [1.807, 2.05) is 26.0 Å². The van der Waals surface area contributed by atoms with Crippen LogP contribution in [0.4, 0.5) is 0 Å². The van der Waals surface area contributed by atoms with E-state index in [0.29, 0.717) is 18.6 Å². The predicted molar refractivity (Wildman–Crippen MR) is 90.5 cm³/mol. The van der Waals surface area contributed by atoms with Crippen molar-refractivity contribution in [2.24, 2.45) is 5.92 Å². The Kier molecular flexibility index (Phi) is 5.34. The molecule has 0 saturated heterocycles. The molecule has 1 saturated carbocycles. The van der Waals surface area contributed by atoms with E-state index in [9.17, 15) is 0 Å².